The molecule has 1 atom stereocenters. The SMILES string of the molecule is CC(=O)COCCOCCCC(=O)COCCOCCNC(=O)CC[C@H](CC(=O)CCCCCCCCCCCCCCc1nn[nH]n1)C(=O)O. The van der Waals surface area contributed by atoms with Gasteiger partial charge in [-0.15, -0.1) is 10.2 Å². The van der Waals surface area contributed by atoms with Gasteiger partial charge in [0, 0.05) is 45.3 Å². The number of aliphatic carboxylic acids is 1. The lowest BCUT2D eigenvalue weighted by molar-refractivity contribution is -0.144. The molecule has 51 heavy (non-hydrogen) atoms. The van der Waals surface area contributed by atoms with Crippen LogP contribution in [0.1, 0.15) is 128 Å². The van der Waals surface area contributed by atoms with E-state index in [2.05, 4.69) is 25.9 Å². The van der Waals surface area contributed by atoms with Crippen molar-refractivity contribution < 1.29 is 48.0 Å². The Balaban J connectivity index is 1.91. The number of nitrogens with zero attached hydrogens (tertiary/aromatic N) is 3. The maximum atomic E-state index is 12.4. The molecule has 3 N–H and O–H groups in total. The summed E-state index contributed by atoms with van der Waals surface area (Å²) < 4.78 is 21.1. The molecule has 0 saturated carbocycles. The van der Waals surface area contributed by atoms with Gasteiger partial charge < -0.3 is 29.4 Å². The normalized spacial score (nSPS) is 11.8. The first kappa shape index (κ1) is 45.9. The van der Waals surface area contributed by atoms with Crippen LogP contribution in [0, 0.1) is 5.92 Å². The molecule has 0 aliphatic carbocycles. The van der Waals surface area contributed by atoms with Crippen LogP contribution in [0.25, 0.3) is 0 Å². The van der Waals surface area contributed by atoms with Gasteiger partial charge in [0.25, 0.3) is 0 Å². The molecule has 0 bridgehead atoms. The first-order valence-corrected chi connectivity index (χ1v) is 18.8. The number of unbranched alkanes of at least 4 members (excludes halogenated alkanes) is 11. The Morgan fingerprint density at radius 3 is 1.84 bits per heavy atom. The molecule has 1 aromatic rings. The number of carbonyl (C=O) groups is 5. The number of aryl methyl sites for hydroxylation is 1. The molecule has 15 heteroatoms. The Hall–Kier alpha value is -3.14. The molecule has 0 saturated heterocycles. The summed E-state index contributed by atoms with van der Waals surface area (Å²) in [6.45, 7) is 3.67. The van der Waals surface area contributed by atoms with Crippen molar-refractivity contribution in [2.45, 2.75) is 129 Å². The second kappa shape index (κ2) is 32.7. The third-order valence-electron chi connectivity index (χ3n) is 8.16. The van der Waals surface area contributed by atoms with Gasteiger partial charge in [-0.3, -0.25) is 24.0 Å². The second-order valence-corrected chi connectivity index (χ2v) is 12.9. The standard InChI is InChI=1S/C36H63N5O10/c1-30(42)28-50-25-23-48-21-14-16-33(44)29-51-26-24-49-22-20-37-35(45)19-18-31(36(46)47)27-32(43)15-12-10-8-6-4-2-3-5-7-9-11-13-17-34-38-40-41-39-34/h31H,2-29H2,1H3,(H,37,45)(H,46,47)(H,38,39,40,41)/t31-/m1/s1. The van der Waals surface area contributed by atoms with Crippen LogP contribution >= 0.6 is 0 Å². The molecule has 0 aromatic carbocycles. The quantitative estimate of drug-likeness (QED) is 0.0810. The highest BCUT2D eigenvalue weighted by molar-refractivity contribution is 5.84. The van der Waals surface area contributed by atoms with E-state index in [0.717, 1.165) is 44.3 Å². The number of Topliss-reactive ketones (excluding diaryl/α,β-unsaturated/α-hetero) is 3. The fraction of sp³-hybridized carbons (Fsp3) is 0.833. The molecule has 0 spiro atoms. The lowest BCUT2D eigenvalue weighted by Gasteiger charge is -2.12. The number of ether oxygens (including phenoxy) is 4. The fourth-order valence-corrected chi connectivity index (χ4v) is 5.29. The minimum atomic E-state index is -1.05. The maximum Gasteiger partial charge on any atom is 0.306 e. The number of rotatable bonds is 38. The number of hydrogen-bond acceptors (Lipinski definition) is 12. The van der Waals surface area contributed by atoms with Gasteiger partial charge >= 0.3 is 5.97 Å². The summed E-state index contributed by atoms with van der Waals surface area (Å²) in [5, 5.41) is 26.2. The van der Waals surface area contributed by atoms with Gasteiger partial charge in [-0.25, -0.2) is 0 Å². The zero-order valence-electron chi connectivity index (χ0n) is 30.8. The summed E-state index contributed by atoms with van der Waals surface area (Å²) in [6.07, 6.45) is 16.0. The number of amides is 1. The molecule has 292 valence electrons. The summed E-state index contributed by atoms with van der Waals surface area (Å²) >= 11 is 0. The van der Waals surface area contributed by atoms with E-state index in [0.29, 0.717) is 39.1 Å². The number of hydrogen-bond donors (Lipinski definition) is 3. The topological polar surface area (TPSA) is 209 Å². The van der Waals surface area contributed by atoms with E-state index < -0.39 is 11.9 Å². The van der Waals surface area contributed by atoms with Crippen LogP contribution in [0.15, 0.2) is 0 Å². The van der Waals surface area contributed by atoms with Crippen molar-refractivity contribution >= 4 is 29.2 Å². The summed E-state index contributed by atoms with van der Waals surface area (Å²) in [4.78, 5) is 58.8. The number of aromatic nitrogens is 4. The van der Waals surface area contributed by atoms with E-state index in [1.54, 1.807) is 0 Å². The van der Waals surface area contributed by atoms with Crippen LogP contribution in [0.2, 0.25) is 0 Å². The molecule has 0 aliphatic heterocycles. The van der Waals surface area contributed by atoms with Crippen LogP contribution in [0.5, 0.6) is 0 Å². The van der Waals surface area contributed by atoms with Crippen molar-refractivity contribution in [2.24, 2.45) is 5.92 Å². The average Bonchev–Trinajstić information content (AvgIpc) is 3.62. The Morgan fingerprint density at radius 1 is 0.667 bits per heavy atom. The maximum absolute atomic E-state index is 12.4. The van der Waals surface area contributed by atoms with E-state index in [1.165, 1.54) is 51.9 Å². The third-order valence-corrected chi connectivity index (χ3v) is 8.16. The van der Waals surface area contributed by atoms with Crippen molar-refractivity contribution in [1.29, 1.82) is 0 Å². The van der Waals surface area contributed by atoms with Crippen LogP contribution < -0.4 is 5.32 Å². The van der Waals surface area contributed by atoms with Gasteiger partial charge in [-0.2, -0.15) is 5.21 Å². The second-order valence-electron chi connectivity index (χ2n) is 12.9. The fourth-order valence-electron chi connectivity index (χ4n) is 5.29. The largest absolute Gasteiger partial charge is 0.481 e. The molecular formula is C36H63N5O10. The summed E-state index contributed by atoms with van der Waals surface area (Å²) in [5.41, 5.74) is 0. The Kier molecular flexibility index (Phi) is 29.5. The Morgan fingerprint density at radius 2 is 1.24 bits per heavy atom. The predicted octanol–water partition coefficient (Wildman–Crippen LogP) is 4.37. The third kappa shape index (κ3) is 30.2. The van der Waals surface area contributed by atoms with Gasteiger partial charge in [0.05, 0.1) is 39.0 Å². The number of nitrogens with one attached hydrogen (secondary N) is 2. The minimum absolute atomic E-state index is 0.0110. The van der Waals surface area contributed by atoms with E-state index in [4.69, 9.17) is 18.9 Å². The van der Waals surface area contributed by atoms with Crippen molar-refractivity contribution in [2.75, 3.05) is 59.4 Å². The first-order chi connectivity index (χ1) is 24.8. The van der Waals surface area contributed by atoms with Crippen molar-refractivity contribution in [3.8, 4) is 0 Å². The number of tetrazole rings is 1. The molecule has 1 amide bonds. The average molecular weight is 726 g/mol. The lowest BCUT2D eigenvalue weighted by atomic mass is 9.94. The van der Waals surface area contributed by atoms with Crippen molar-refractivity contribution in [3.05, 3.63) is 5.82 Å². The number of aromatic amines is 1. The van der Waals surface area contributed by atoms with Crippen LogP contribution in [0.4, 0.5) is 0 Å². The van der Waals surface area contributed by atoms with Crippen LogP contribution in [-0.4, -0.2) is 114 Å². The van der Waals surface area contributed by atoms with Crippen molar-refractivity contribution in [1.82, 2.24) is 25.9 Å². The number of carboxylic acids is 1. The van der Waals surface area contributed by atoms with Crippen LogP contribution in [0.3, 0.4) is 0 Å². The van der Waals surface area contributed by atoms with Gasteiger partial charge in [0.2, 0.25) is 5.91 Å². The highest BCUT2D eigenvalue weighted by atomic mass is 16.5. The highest BCUT2D eigenvalue weighted by Crippen LogP contribution is 2.17. The number of carbonyl (C=O) groups excluding carboxylic acids is 4. The minimum Gasteiger partial charge on any atom is -0.481 e. The van der Waals surface area contributed by atoms with Crippen LogP contribution in [-0.2, 0) is 49.3 Å². The summed E-state index contributed by atoms with van der Waals surface area (Å²) in [7, 11) is 0. The Labute approximate surface area is 303 Å². The van der Waals surface area contributed by atoms with Gasteiger partial charge in [-0.1, -0.05) is 69.4 Å². The molecule has 0 fully saturated rings. The van der Waals surface area contributed by atoms with Crippen molar-refractivity contribution in [3.63, 3.8) is 0 Å². The van der Waals surface area contributed by atoms with Gasteiger partial charge in [-0.05, 0) is 32.6 Å². The molecular weight excluding hydrogens is 662 g/mol. The molecule has 0 aliphatic rings. The summed E-state index contributed by atoms with van der Waals surface area (Å²) in [6, 6.07) is 0. The molecule has 15 nitrogen and oxygen atoms in total. The zero-order valence-corrected chi connectivity index (χ0v) is 30.8. The molecule has 1 heterocycles. The zero-order chi connectivity index (χ0) is 37.2. The van der Waals surface area contributed by atoms with E-state index in [1.807, 2.05) is 0 Å². The Bertz CT molecular complexity index is 1060. The number of ketones is 3. The monoisotopic (exact) mass is 725 g/mol. The summed E-state index contributed by atoms with van der Waals surface area (Å²) in [5.74, 6) is -1.55. The number of H-pyrrole nitrogens is 1. The van der Waals surface area contributed by atoms with E-state index in [9.17, 15) is 29.1 Å². The molecule has 1 aromatic heterocycles. The van der Waals surface area contributed by atoms with E-state index in [-0.39, 0.29) is 82.1 Å². The first-order valence-electron chi connectivity index (χ1n) is 18.8. The van der Waals surface area contributed by atoms with Gasteiger partial charge in [0.1, 0.15) is 19.0 Å². The predicted molar refractivity (Wildman–Crippen MR) is 189 cm³/mol. The lowest BCUT2D eigenvalue weighted by Crippen LogP contribution is -2.29. The molecule has 0 unspecified atom stereocenters. The van der Waals surface area contributed by atoms with E-state index >= 15 is 0 Å². The highest BCUT2D eigenvalue weighted by Gasteiger charge is 2.22. The molecule has 1 rings (SSSR count). The smallest absolute Gasteiger partial charge is 0.306 e. The number of carboxylic acid groups (broad SMARTS) is 1. The molecule has 0 radical (unpaired) electrons. The van der Waals surface area contributed by atoms with Gasteiger partial charge in [0.15, 0.2) is 17.4 Å².